The SMILES string of the molecule is CS(=O)(=O)CCCC(=O)c1ccc(Br)c(F)c1. The summed E-state index contributed by atoms with van der Waals surface area (Å²) in [5.74, 6) is -0.781. The van der Waals surface area contributed by atoms with Crippen molar-refractivity contribution in [1.82, 2.24) is 0 Å². The summed E-state index contributed by atoms with van der Waals surface area (Å²) in [7, 11) is -3.05. The molecule has 0 saturated heterocycles. The molecule has 0 bridgehead atoms. The molecule has 0 heterocycles. The Labute approximate surface area is 108 Å². The van der Waals surface area contributed by atoms with Gasteiger partial charge >= 0.3 is 0 Å². The standard InChI is InChI=1S/C11H12BrFO3S/c1-17(15,16)6-2-3-11(14)8-4-5-9(12)10(13)7-8/h4-5,7H,2-3,6H2,1H3. The van der Waals surface area contributed by atoms with Crippen LogP contribution in [0.4, 0.5) is 4.39 Å². The molecular weight excluding hydrogens is 311 g/mol. The third-order valence-electron chi connectivity index (χ3n) is 2.16. The predicted octanol–water partition coefficient (Wildman–Crippen LogP) is 2.60. The van der Waals surface area contributed by atoms with Crippen LogP contribution in [-0.2, 0) is 9.84 Å². The number of Topliss-reactive ketones (excluding diaryl/α,β-unsaturated/α-hetero) is 1. The van der Waals surface area contributed by atoms with E-state index in [2.05, 4.69) is 15.9 Å². The third-order valence-corrected chi connectivity index (χ3v) is 3.83. The highest BCUT2D eigenvalue weighted by atomic mass is 79.9. The molecule has 94 valence electrons. The van der Waals surface area contributed by atoms with Gasteiger partial charge in [0.2, 0.25) is 0 Å². The molecule has 1 aromatic carbocycles. The zero-order chi connectivity index (χ0) is 13.1. The van der Waals surface area contributed by atoms with Gasteiger partial charge in [-0.15, -0.1) is 0 Å². The van der Waals surface area contributed by atoms with Gasteiger partial charge in [-0.05, 0) is 34.5 Å². The molecule has 0 aliphatic rings. The molecular formula is C11H12BrFO3S. The molecule has 0 aliphatic heterocycles. The zero-order valence-electron chi connectivity index (χ0n) is 9.24. The first-order chi connectivity index (χ1) is 7.79. The first kappa shape index (κ1) is 14.3. The molecule has 3 nitrogen and oxygen atoms in total. The third kappa shape index (κ3) is 4.95. The van der Waals surface area contributed by atoms with Gasteiger partial charge in [0.15, 0.2) is 5.78 Å². The maximum atomic E-state index is 13.2. The van der Waals surface area contributed by atoms with Crippen LogP contribution in [0.15, 0.2) is 22.7 Å². The number of carbonyl (C=O) groups excluding carboxylic acids is 1. The van der Waals surface area contributed by atoms with Crippen molar-refractivity contribution in [2.24, 2.45) is 0 Å². The van der Waals surface area contributed by atoms with E-state index < -0.39 is 15.7 Å². The number of hydrogen-bond donors (Lipinski definition) is 0. The predicted molar refractivity (Wildman–Crippen MR) is 67.4 cm³/mol. The summed E-state index contributed by atoms with van der Waals surface area (Å²) in [6.45, 7) is 0. The van der Waals surface area contributed by atoms with Crippen molar-refractivity contribution in [1.29, 1.82) is 0 Å². The first-order valence-electron chi connectivity index (χ1n) is 4.95. The Morgan fingerprint density at radius 3 is 2.59 bits per heavy atom. The molecule has 0 atom stereocenters. The molecule has 0 saturated carbocycles. The van der Waals surface area contributed by atoms with Gasteiger partial charge in [-0.3, -0.25) is 4.79 Å². The second-order valence-corrected chi connectivity index (χ2v) is 6.90. The van der Waals surface area contributed by atoms with Gasteiger partial charge in [0, 0.05) is 18.2 Å². The molecule has 0 aliphatic carbocycles. The Kier molecular flexibility index (Phi) is 4.82. The van der Waals surface area contributed by atoms with E-state index in [1.807, 2.05) is 0 Å². The van der Waals surface area contributed by atoms with Crippen LogP contribution in [0, 0.1) is 5.82 Å². The number of sulfone groups is 1. The number of carbonyl (C=O) groups is 1. The Morgan fingerprint density at radius 1 is 1.41 bits per heavy atom. The number of ketones is 1. The van der Waals surface area contributed by atoms with E-state index in [4.69, 9.17) is 0 Å². The van der Waals surface area contributed by atoms with Crippen LogP contribution >= 0.6 is 15.9 Å². The lowest BCUT2D eigenvalue weighted by Crippen LogP contribution is -2.06. The van der Waals surface area contributed by atoms with Crippen molar-refractivity contribution in [2.45, 2.75) is 12.8 Å². The monoisotopic (exact) mass is 322 g/mol. The van der Waals surface area contributed by atoms with Crippen molar-refractivity contribution < 1.29 is 17.6 Å². The number of benzene rings is 1. The fraction of sp³-hybridized carbons (Fsp3) is 0.364. The Morgan fingerprint density at radius 2 is 2.06 bits per heavy atom. The van der Waals surface area contributed by atoms with E-state index in [1.54, 1.807) is 0 Å². The second-order valence-electron chi connectivity index (χ2n) is 3.79. The Bertz CT molecular complexity index is 526. The van der Waals surface area contributed by atoms with Crippen molar-refractivity contribution in [3.8, 4) is 0 Å². The highest BCUT2D eigenvalue weighted by molar-refractivity contribution is 9.10. The lowest BCUT2D eigenvalue weighted by Gasteiger charge is -2.02. The summed E-state index contributed by atoms with van der Waals surface area (Å²) in [6.07, 6.45) is 1.49. The minimum atomic E-state index is -3.05. The van der Waals surface area contributed by atoms with Gasteiger partial charge in [-0.25, -0.2) is 12.8 Å². The first-order valence-corrected chi connectivity index (χ1v) is 7.81. The molecule has 0 fully saturated rings. The highest BCUT2D eigenvalue weighted by Gasteiger charge is 2.10. The molecule has 0 N–H and O–H groups in total. The molecule has 0 unspecified atom stereocenters. The van der Waals surface area contributed by atoms with E-state index in [9.17, 15) is 17.6 Å². The van der Waals surface area contributed by atoms with Gasteiger partial charge in [0.25, 0.3) is 0 Å². The minimum Gasteiger partial charge on any atom is -0.294 e. The minimum absolute atomic E-state index is 0.0300. The Balaban J connectivity index is 2.61. The number of hydrogen-bond acceptors (Lipinski definition) is 3. The summed E-state index contributed by atoms with van der Waals surface area (Å²) >= 11 is 2.99. The maximum absolute atomic E-state index is 13.2. The van der Waals surface area contributed by atoms with Crippen LogP contribution in [0.5, 0.6) is 0 Å². The van der Waals surface area contributed by atoms with Crippen LogP contribution in [0.3, 0.4) is 0 Å². The molecule has 0 amide bonds. The fourth-order valence-electron chi connectivity index (χ4n) is 1.31. The van der Waals surface area contributed by atoms with E-state index in [0.29, 0.717) is 4.47 Å². The van der Waals surface area contributed by atoms with Gasteiger partial charge in [-0.2, -0.15) is 0 Å². The van der Waals surface area contributed by atoms with Crippen LogP contribution < -0.4 is 0 Å². The van der Waals surface area contributed by atoms with Crippen molar-refractivity contribution >= 4 is 31.6 Å². The average Bonchev–Trinajstić information content (AvgIpc) is 2.20. The van der Waals surface area contributed by atoms with Crippen molar-refractivity contribution in [2.75, 3.05) is 12.0 Å². The smallest absolute Gasteiger partial charge is 0.163 e. The quantitative estimate of drug-likeness (QED) is 0.783. The van der Waals surface area contributed by atoms with E-state index in [0.717, 1.165) is 12.3 Å². The summed E-state index contributed by atoms with van der Waals surface area (Å²) in [5.41, 5.74) is 0.263. The summed E-state index contributed by atoms with van der Waals surface area (Å²) < 4.78 is 35.2. The summed E-state index contributed by atoms with van der Waals surface area (Å²) in [6, 6.07) is 4.11. The maximum Gasteiger partial charge on any atom is 0.163 e. The van der Waals surface area contributed by atoms with E-state index in [-0.39, 0.29) is 29.9 Å². The summed E-state index contributed by atoms with van der Waals surface area (Å²) in [5, 5.41) is 0. The highest BCUT2D eigenvalue weighted by Crippen LogP contribution is 2.17. The number of halogens is 2. The molecule has 0 aromatic heterocycles. The van der Waals surface area contributed by atoms with Gasteiger partial charge in [-0.1, -0.05) is 6.07 Å². The molecule has 17 heavy (non-hydrogen) atoms. The largest absolute Gasteiger partial charge is 0.294 e. The van der Waals surface area contributed by atoms with E-state index >= 15 is 0 Å². The number of rotatable bonds is 5. The van der Waals surface area contributed by atoms with Crippen LogP contribution in [0.25, 0.3) is 0 Å². The topological polar surface area (TPSA) is 51.2 Å². The van der Waals surface area contributed by atoms with Gasteiger partial charge in [0.05, 0.1) is 10.2 Å². The van der Waals surface area contributed by atoms with E-state index in [1.165, 1.54) is 12.1 Å². The molecule has 0 spiro atoms. The van der Waals surface area contributed by atoms with Gasteiger partial charge < -0.3 is 0 Å². The summed E-state index contributed by atoms with van der Waals surface area (Å²) in [4.78, 5) is 11.6. The van der Waals surface area contributed by atoms with Crippen LogP contribution in [0.1, 0.15) is 23.2 Å². The fourth-order valence-corrected chi connectivity index (χ4v) is 2.22. The molecule has 1 aromatic rings. The molecule has 6 heteroatoms. The lowest BCUT2D eigenvalue weighted by atomic mass is 10.1. The second kappa shape index (κ2) is 5.73. The van der Waals surface area contributed by atoms with Crippen LogP contribution in [0.2, 0.25) is 0 Å². The molecule has 0 radical (unpaired) electrons. The normalized spacial score (nSPS) is 11.5. The molecule has 1 rings (SSSR count). The van der Waals surface area contributed by atoms with Crippen molar-refractivity contribution in [3.63, 3.8) is 0 Å². The Hall–Kier alpha value is -0.750. The van der Waals surface area contributed by atoms with Crippen molar-refractivity contribution in [3.05, 3.63) is 34.1 Å². The van der Waals surface area contributed by atoms with Crippen LogP contribution in [-0.4, -0.2) is 26.2 Å². The average molecular weight is 323 g/mol. The van der Waals surface area contributed by atoms with Gasteiger partial charge in [0.1, 0.15) is 15.7 Å². The zero-order valence-corrected chi connectivity index (χ0v) is 11.6. The lowest BCUT2D eigenvalue weighted by molar-refractivity contribution is 0.0981.